The molecule has 0 unspecified atom stereocenters. The van der Waals surface area contributed by atoms with E-state index in [2.05, 4.69) is 213 Å². The zero-order chi connectivity index (χ0) is 40.7. The maximum Gasteiger partial charge on any atom is 0.214 e. The van der Waals surface area contributed by atoms with Crippen molar-refractivity contribution in [2.45, 2.75) is 66.5 Å². The van der Waals surface area contributed by atoms with Crippen LogP contribution in [0.4, 0.5) is 5.69 Å². The summed E-state index contributed by atoms with van der Waals surface area (Å²) in [6.45, 7) is 14.3. The summed E-state index contributed by atoms with van der Waals surface area (Å²) in [4.78, 5) is 9.72. The van der Waals surface area contributed by atoms with Crippen molar-refractivity contribution < 1.29 is 9.13 Å². The van der Waals surface area contributed by atoms with Gasteiger partial charge in [0.2, 0.25) is 5.69 Å². The first-order valence-corrected chi connectivity index (χ1v) is 20.4. The van der Waals surface area contributed by atoms with Crippen molar-refractivity contribution in [3.8, 4) is 27.9 Å². The highest BCUT2D eigenvalue weighted by atomic mass is 14.9. The van der Waals surface area contributed by atoms with Crippen LogP contribution >= 0.6 is 0 Å². The van der Waals surface area contributed by atoms with Gasteiger partial charge in [0.25, 0.3) is 0 Å². The van der Waals surface area contributed by atoms with Crippen molar-refractivity contribution in [1.29, 1.82) is 0 Å². The molecule has 0 N–H and O–H groups in total. The molecule has 0 aliphatic rings. The number of hydrogen-bond donors (Lipinski definition) is 0. The summed E-state index contributed by atoms with van der Waals surface area (Å²) < 4.78 is 4.47. The summed E-state index contributed by atoms with van der Waals surface area (Å²) in [5, 5.41) is 0. The first kappa shape index (κ1) is 41.1. The molecule has 0 saturated heterocycles. The molecule has 0 aliphatic carbocycles. The van der Waals surface area contributed by atoms with Crippen LogP contribution in [0.5, 0.6) is 0 Å². The van der Waals surface area contributed by atoms with Crippen LogP contribution in [0.25, 0.3) is 27.9 Å². The van der Waals surface area contributed by atoms with Crippen molar-refractivity contribution in [3.05, 3.63) is 216 Å². The van der Waals surface area contributed by atoms with Crippen molar-refractivity contribution >= 4 is 18.1 Å². The molecule has 0 fully saturated rings. The van der Waals surface area contributed by atoms with Gasteiger partial charge >= 0.3 is 0 Å². The van der Waals surface area contributed by atoms with Gasteiger partial charge in [-0.1, -0.05) is 137 Å². The summed E-state index contributed by atoms with van der Waals surface area (Å²) in [5.41, 5.74) is 14.2. The van der Waals surface area contributed by atoms with E-state index in [-0.39, 0.29) is 0 Å². The van der Waals surface area contributed by atoms with E-state index in [0.29, 0.717) is 18.4 Å². The Bertz CT molecular complexity index is 2460. The molecule has 0 bridgehead atoms. The lowest BCUT2D eigenvalue weighted by Crippen LogP contribution is -2.33. The van der Waals surface area contributed by atoms with Gasteiger partial charge in [-0.15, -0.1) is 0 Å². The summed E-state index contributed by atoms with van der Waals surface area (Å²) in [7, 11) is 0. The topological polar surface area (TPSA) is 32.5 Å². The zero-order valence-corrected chi connectivity index (χ0v) is 34.8. The molecular weight excluding hydrogens is 705 g/mol. The Hall–Kier alpha value is -6.52. The van der Waals surface area contributed by atoms with Crippen LogP contribution in [0.15, 0.2) is 204 Å². The summed E-state index contributed by atoms with van der Waals surface area (Å²) >= 11 is 0. The van der Waals surface area contributed by atoms with Crippen LogP contribution in [-0.4, -0.2) is 12.4 Å². The third kappa shape index (κ3) is 10.7. The molecule has 290 valence electrons. The Labute approximate surface area is 346 Å². The molecule has 0 radical (unpaired) electrons. The number of rotatable bonds is 15. The molecule has 6 rings (SSSR count). The number of allylic oxidation sites excluding steroid dienone is 8. The predicted molar refractivity (Wildman–Crippen MR) is 245 cm³/mol. The van der Waals surface area contributed by atoms with E-state index in [4.69, 9.17) is 9.98 Å². The molecule has 4 aromatic carbocycles. The second-order valence-corrected chi connectivity index (χ2v) is 15.0. The van der Waals surface area contributed by atoms with Crippen molar-refractivity contribution in [2.24, 2.45) is 9.98 Å². The molecule has 4 heteroatoms. The molecular formula is C54H56N4+2. The van der Waals surface area contributed by atoms with Crippen LogP contribution in [0, 0.1) is 0 Å². The number of para-hydroxylation sites is 2. The maximum atomic E-state index is 4.91. The van der Waals surface area contributed by atoms with E-state index in [1.165, 1.54) is 50.2 Å². The lowest BCUT2D eigenvalue weighted by molar-refractivity contribution is -0.688. The first-order chi connectivity index (χ1) is 28.4. The number of aliphatic imine (C=N–C) groups is 2. The van der Waals surface area contributed by atoms with Gasteiger partial charge in [0.05, 0.1) is 12.2 Å². The molecule has 0 spiro atoms. The summed E-state index contributed by atoms with van der Waals surface area (Å²) in [6, 6.07) is 43.1. The molecule has 58 heavy (non-hydrogen) atoms. The quantitative estimate of drug-likeness (QED) is 0.0567. The highest BCUT2D eigenvalue weighted by Gasteiger charge is 2.16. The summed E-state index contributed by atoms with van der Waals surface area (Å²) in [5.74, 6) is 0.866. The van der Waals surface area contributed by atoms with Crippen LogP contribution in [-0.2, 0) is 13.1 Å². The molecule has 2 heterocycles. The Morgan fingerprint density at radius 3 is 1.71 bits per heavy atom. The Kier molecular flexibility index (Phi) is 14.6. The number of hydrogen-bond acceptors (Lipinski definition) is 2. The Morgan fingerprint density at radius 1 is 0.552 bits per heavy atom. The predicted octanol–water partition coefficient (Wildman–Crippen LogP) is 12.9. The minimum Gasteiger partial charge on any atom is -0.288 e. The third-order valence-electron chi connectivity index (χ3n) is 10.2. The van der Waals surface area contributed by atoms with Gasteiger partial charge in [-0.25, -0.2) is 4.57 Å². The van der Waals surface area contributed by atoms with Crippen LogP contribution in [0.3, 0.4) is 0 Å². The van der Waals surface area contributed by atoms with Gasteiger partial charge in [-0.05, 0) is 88.4 Å². The average Bonchev–Trinajstić information content (AvgIpc) is 3.25. The SMILES string of the molecule is C\C=C/C(=C/C=N/c1ccccc1C(C)C)C(/C=C\C)=C/C=N/Cc1ccccc1-c1ccccc1C[n+]1ccc(-c2cc[n+](-c3ccccc3C(C)C)cc2)cc1. The normalized spacial score (nSPS) is 12.7. The van der Waals surface area contributed by atoms with Crippen molar-refractivity contribution in [3.63, 3.8) is 0 Å². The highest BCUT2D eigenvalue weighted by Crippen LogP contribution is 2.29. The van der Waals surface area contributed by atoms with E-state index in [1.54, 1.807) is 0 Å². The third-order valence-corrected chi connectivity index (χ3v) is 10.2. The second-order valence-electron chi connectivity index (χ2n) is 15.0. The van der Waals surface area contributed by atoms with Gasteiger partial charge < -0.3 is 0 Å². The van der Waals surface area contributed by atoms with E-state index in [1.807, 2.05) is 32.3 Å². The Morgan fingerprint density at radius 2 is 1.07 bits per heavy atom. The molecule has 0 saturated carbocycles. The first-order valence-electron chi connectivity index (χ1n) is 20.4. The summed E-state index contributed by atoms with van der Waals surface area (Å²) in [6.07, 6.45) is 25.0. The van der Waals surface area contributed by atoms with Gasteiger partial charge in [0.1, 0.15) is 0 Å². The average molecular weight is 761 g/mol. The lowest BCUT2D eigenvalue weighted by Gasteiger charge is -2.12. The Balaban J connectivity index is 1.17. The monoisotopic (exact) mass is 760 g/mol. The molecule has 0 atom stereocenters. The number of aromatic nitrogens is 2. The van der Waals surface area contributed by atoms with Crippen LogP contribution in [0.1, 0.15) is 75.6 Å². The number of pyridine rings is 2. The zero-order valence-electron chi connectivity index (χ0n) is 34.8. The molecule has 0 amide bonds. The van der Waals surface area contributed by atoms with E-state index >= 15 is 0 Å². The van der Waals surface area contributed by atoms with Gasteiger partial charge in [-0.2, -0.15) is 4.57 Å². The fraction of sp³-hybridized carbons (Fsp3) is 0.185. The smallest absolute Gasteiger partial charge is 0.214 e. The van der Waals surface area contributed by atoms with E-state index in [0.717, 1.165) is 23.4 Å². The van der Waals surface area contributed by atoms with Gasteiger partial charge in [-0.3, -0.25) is 9.98 Å². The van der Waals surface area contributed by atoms with Gasteiger partial charge in [0, 0.05) is 53.9 Å². The lowest BCUT2D eigenvalue weighted by atomic mass is 9.95. The number of nitrogens with zero attached hydrogens (tertiary/aromatic N) is 4. The largest absolute Gasteiger partial charge is 0.288 e. The second kappa shape index (κ2) is 20.6. The minimum atomic E-state index is 0.408. The van der Waals surface area contributed by atoms with Crippen molar-refractivity contribution in [2.75, 3.05) is 0 Å². The molecule has 0 aliphatic heterocycles. The highest BCUT2D eigenvalue weighted by molar-refractivity contribution is 5.81. The minimum absolute atomic E-state index is 0.408. The van der Waals surface area contributed by atoms with E-state index in [9.17, 15) is 0 Å². The van der Waals surface area contributed by atoms with Crippen LogP contribution < -0.4 is 9.13 Å². The van der Waals surface area contributed by atoms with Crippen LogP contribution in [0.2, 0.25) is 0 Å². The fourth-order valence-corrected chi connectivity index (χ4v) is 7.21. The van der Waals surface area contributed by atoms with Gasteiger partial charge in [0.15, 0.2) is 31.3 Å². The molecule has 4 nitrogen and oxygen atoms in total. The standard InChI is InChI=1S/C54H56N4/c1-7-17-43(44(18-8-2)28-34-56-53-25-15-13-21-49(53)41(3)4)27-33-55-39-47-19-9-11-23-51(47)52-24-12-10-20-48(52)40-57-35-29-45(30-36-57)46-31-37-58(38-32-46)54-26-16-14-22-50(54)42(5)6/h7-38,41-42H,39-40H2,1-6H3/q+2/b17-7-,18-8-,43-27+,44-28-,55-33+,56-34+. The molecule has 2 aromatic heterocycles. The number of benzene rings is 4. The van der Waals surface area contributed by atoms with Crippen molar-refractivity contribution in [1.82, 2.24) is 0 Å². The maximum absolute atomic E-state index is 4.91. The van der Waals surface area contributed by atoms with E-state index < -0.39 is 0 Å². The fourth-order valence-electron chi connectivity index (χ4n) is 7.21. The molecule has 6 aromatic rings.